The van der Waals surface area contributed by atoms with Crippen LogP contribution in [0.25, 0.3) is 0 Å². The largest absolute Gasteiger partial charge is 0.490 e. The average Bonchev–Trinajstić information content (AvgIpc) is 2.58. The van der Waals surface area contributed by atoms with Gasteiger partial charge in [0.1, 0.15) is 12.4 Å². The van der Waals surface area contributed by atoms with Gasteiger partial charge in [-0.25, -0.2) is 4.79 Å². The van der Waals surface area contributed by atoms with E-state index in [2.05, 4.69) is 0 Å². The predicted octanol–water partition coefficient (Wildman–Crippen LogP) is 2.92. The summed E-state index contributed by atoms with van der Waals surface area (Å²) in [5.41, 5.74) is 1.44. The van der Waals surface area contributed by atoms with Crippen LogP contribution in [0.4, 0.5) is 0 Å². The van der Waals surface area contributed by atoms with Crippen molar-refractivity contribution in [2.24, 2.45) is 0 Å². The molecular formula is C19H22ClNO5. The summed E-state index contributed by atoms with van der Waals surface area (Å²) in [6.07, 6.45) is 0.819. The van der Waals surface area contributed by atoms with Gasteiger partial charge in [0.2, 0.25) is 0 Å². The summed E-state index contributed by atoms with van der Waals surface area (Å²) in [6, 6.07) is 8.65. The molecule has 1 aromatic carbocycles. The topological polar surface area (TPSA) is 77.8 Å². The SMILES string of the molecule is CCOC(Cc1ccn(CCOc2ccc(C)cc2Cl)c(=O)c1)C(=O)O. The zero-order valence-corrected chi connectivity index (χ0v) is 15.5. The first kappa shape index (κ1) is 20.0. The van der Waals surface area contributed by atoms with E-state index < -0.39 is 12.1 Å². The Morgan fingerprint density at radius 1 is 1.31 bits per heavy atom. The molecule has 2 aromatic rings. The van der Waals surface area contributed by atoms with Gasteiger partial charge < -0.3 is 19.1 Å². The molecule has 0 bridgehead atoms. The number of rotatable bonds is 9. The zero-order chi connectivity index (χ0) is 19.1. The van der Waals surface area contributed by atoms with Crippen molar-refractivity contribution in [3.8, 4) is 5.75 Å². The van der Waals surface area contributed by atoms with E-state index in [0.717, 1.165) is 5.56 Å². The molecule has 1 heterocycles. The molecule has 0 aliphatic rings. The Morgan fingerprint density at radius 3 is 2.69 bits per heavy atom. The number of benzene rings is 1. The van der Waals surface area contributed by atoms with Gasteiger partial charge in [-0.3, -0.25) is 4.79 Å². The third-order valence-electron chi connectivity index (χ3n) is 3.80. The number of nitrogens with zero attached hydrogens (tertiary/aromatic N) is 1. The smallest absolute Gasteiger partial charge is 0.333 e. The molecule has 1 unspecified atom stereocenters. The molecule has 140 valence electrons. The second-order valence-electron chi connectivity index (χ2n) is 5.84. The molecule has 1 N–H and O–H groups in total. The van der Waals surface area contributed by atoms with Gasteiger partial charge in [-0.1, -0.05) is 17.7 Å². The maximum atomic E-state index is 12.2. The molecule has 0 radical (unpaired) electrons. The molecule has 7 heteroatoms. The summed E-state index contributed by atoms with van der Waals surface area (Å²) >= 11 is 6.11. The van der Waals surface area contributed by atoms with Crippen LogP contribution in [0.15, 0.2) is 41.3 Å². The Labute approximate surface area is 156 Å². The number of pyridine rings is 1. The molecule has 0 saturated heterocycles. The van der Waals surface area contributed by atoms with Gasteiger partial charge in [-0.2, -0.15) is 0 Å². The van der Waals surface area contributed by atoms with Crippen molar-refractivity contribution in [1.82, 2.24) is 4.57 Å². The van der Waals surface area contributed by atoms with E-state index in [4.69, 9.17) is 26.2 Å². The Morgan fingerprint density at radius 2 is 2.08 bits per heavy atom. The minimum atomic E-state index is -1.04. The first-order valence-corrected chi connectivity index (χ1v) is 8.71. The molecule has 0 aliphatic heterocycles. The number of ether oxygens (including phenoxy) is 2. The summed E-state index contributed by atoms with van der Waals surface area (Å²) in [5.74, 6) is -0.470. The second kappa shape index (κ2) is 9.40. The number of carboxylic acid groups (broad SMARTS) is 1. The molecule has 0 spiro atoms. The Kier molecular flexibility index (Phi) is 7.24. The van der Waals surface area contributed by atoms with Gasteiger partial charge in [-0.15, -0.1) is 0 Å². The molecule has 1 aromatic heterocycles. The van der Waals surface area contributed by atoms with E-state index in [1.165, 1.54) is 10.6 Å². The number of carbonyl (C=O) groups is 1. The lowest BCUT2D eigenvalue weighted by atomic mass is 10.1. The van der Waals surface area contributed by atoms with Gasteiger partial charge in [0, 0.05) is 25.3 Å². The summed E-state index contributed by atoms with van der Waals surface area (Å²) in [6.45, 7) is 4.62. The molecular weight excluding hydrogens is 358 g/mol. The monoisotopic (exact) mass is 379 g/mol. The van der Waals surface area contributed by atoms with E-state index in [-0.39, 0.29) is 12.0 Å². The van der Waals surface area contributed by atoms with Gasteiger partial charge in [0.05, 0.1) is 11.6 Å². The lowest BCUT2D eigenvalue weighted by Gasteiger charge is -2.13. The first-order valence-electron chi connectivity index (χ1n) is 8.33. The molecule has 0 fully saturated rings. The molecule has 0 amide bonds. The van der Waals surface area contributed by atoms with Crippen LogP contribution in [-0.4, -0.2) is 35.0 Å². The number of halogens is 1. The van der Waals surface area contributed by atoms with Gasteiger partial charge >= 0.3 is 5.97 Å². The fourth-order valence-electron chi connectivity index (χ4n) is 2.47. The lowest BCUT2D eigenvalue weighted by molar-refractivity contribution is -0.149. The van der Waals surface area contributed by atoms with E-state index in [0.29, 0.717) is 36.1 Å². The van der Waals surface area contributed by atoms with Crippen molar-refractivity contribution in [3.05, 3.63) is 63.0 Å². The highest BCUT2D eigenvalue weighted by atomic mass is 35.5. The lowest BCUT2D eigenvalue weighted by Crippen LogP contribution is -2.28. The third kappa shape index (κ3) is 5.61. The molecule has 1 atom stereocenters. The fourth-order valence-corrected chi connectivity index (χ4v) is 2.76. The number of carboxylic acids is 1. The second-order valence-corrected chi connectivity index (χ2v) is 6.24. The summed E-state index contributed by atoms with van der Waals surface area (Å²) < 4.78 is 12.3. The number of aryl methyl sites for hydroxylation is 1. The Bertz CT molecular complexity index is 818. The molecule has 26 heavy (non-hydrogen) atoms. The van der Waals surface area contributed by atoms with Gasteiger partial charge in [0.15, 0.2) is 6.10 Å². The normalized spacial score (nSPS) is 12.0. The van der Waals surface area contributed by atoms with Crippen LogP contribution in [0, 0.1) is 6.92 Å². The van der Waals surface area contributed by atoms with Gasteiger partial charge in [-0.05, 0) is 43.2 Å². The van der Waals surface area contributed by atoms with Crippen molar-refractivity contribution in [1.29, 1.82) is 0 Å². The standard InChI is InChI=1S/C19H22ClNO5/c1-3-25-17(19(23)24)11-14-6-7-21(18(22)12-14)8-9-26-16-5-4-13(2)10-15(16)20/h4-7,10,12,17H,3,8-9,11H2,1-2H3,(H,23,24). The summed E-state index contributed by atoms with van der Waals surface area (Å²) in [5, 5.41) is 9.65. The minimum absolute atomic E-state index is 0.148. The van der Waals surface area contributed by atoms with Crippen molar-refractivity contribution in [3.63, 3.8) is 0 Å². The van der Waals surface area contributed by atoms with E-state index in [1.807, 2.05) is 19.1 Å². The summed E-state index contributed by atoms with van der Waals surface area (Å²) in [4.78, 5) is 23.3. The van der Waals surface area contributed by atoms with Crippen molar-refractivity contribution < 1.29 is 19.4 Å². The number of aliphatic carboxylic acids is 1. The zero-order valence-electron chi connectivity index (χ0n) is 14.8. The van der Waals surface area contributed by atoms with Crippen molar-refractivity contribution >= 4 is 17.6 Å². The van der Waals surface area contributed by atoms with Crippen molar-refractivity contribution in [2.45, 2.75) is 32.9 Å². The molecule has 0 saturated carbocycles. The van der Waals surface area contributed by atoms with Crippen LogP contribution >= 0.6 is 11.6 Å². The van der Waals surface area contributed by atoms with Crippen LogP contribution in [-0.2, 0) is 22.5 Å². The van der Waals surface area contributed by atoms with Crippen LogP contribution in [0.5, 0.6) is 5.75 Å². The minimum Gasteiger partial charge on any atom is -0.490 e. The quantitative estimate of drug-likeness (QED) is 0.724. The van der Waals surface area contributed by atoms with Gasteiger partial charge in [0.25, 0.3) is 5.56 Å². The number of aromatic nitrogens is 1. The first-order chi connectivity index (χ1) is 12.4. The van der Waals surface area contributed by atoms with E-state index in [9.17, 15) is 9.59 Å². The molecule has 6 nitrogen and oxygen atoms in total. The Balaban J connectivity index is 1.96. The van der Waals surface area contributed by atoms with E-state index in [1.54, 1.807) is 25.3 Å². The third-order valence-corrected chi connectivity index (χ3v) is 4.10. The molecule has 2 rings (SSSR count). The van der Waals surface area contributed by atoms with Crippen LogP contribution < -0.4 is 10.3 Å². The maximum Gasteiger partial charge on any atom is 0.333 e. The number of hydrogen-bond donors (Lipinski definition) is 1. The predicted molar refractivity (Wildman–Crippen MR) is 99.1 cm³/mol. The highest BCUT2D eigenvalue weighted by Gasteiger charge is 2.18. The maximum absolute atomic E-state index is 12.2. The van der Waals surface area contributed by atoms with E-state index >= 15 is 0 Å². The Hall–Kier alpha value is -2.31. The van der Waals surface area contributed by atoms with Crippen molar-refractivity contribution in [2.75, 3.05) is 13.2 Å². The number of hydrogen-bond acceptors (Lipinski definition) is 4. The van der Waals surface area contributed by atoms with Crippen LogP contribution in [0.2, 0.25) is 5.02 Å². The molecule has 0 aliphatic carbocycles. The van der Waals surface area contributed by atoms with Crippen LogP contribution in [0.3, 0.4) is 0 Å². The highest BCUT2D eigenvalue weighted by molar-refractivity contribution is 6.32. The summed E-state index contributed by atoms with van der Waals surface area (Å²) in [7, 11) is 0. The van der Waals surface area contributed by atoms with Crippen LogP contribution in [0.1, 0.15) is 18.1 Å². The highest BCUT2D eigenvalue weighted by Crippen LogP contribution is 2.24. The average molecular weight is 380 g/mol. The fraction of sp³-hybridized carbons (Fsp3) is 0.368.